The van der Waals surface area contributed by atoms with E-state index in [4.69, 9.17) is 4.74 Å². The summed E-state index contributed by atoms with van der Waals surface area (Å²) >= 11 is 0. The van der Waals surface area contributed by atoms with Crippen molar-refractivity contribution in [2.45, 2.75) is 59.2 Å². The predicted octanol–water partition coefficient (Wildman–Crippen LogP) is 3.34. The van der Waals surface area contributed by atoms with E-state index >= 15 is 0 Å². The van der Waals surface area contributed by atoms with Gasteiger partial charge in [0.05, 0.1) is 6.61 Å². The van der Waals surface area contributed by atoms with Crippen molar-refractivity contribution < 1.29 is 29.3 Å². The fraction of sp³-hybridized carbons (Fsp3) is 0.423. The molecule has 3 amide bonds. The van der Waals surface area contributed by atoms with Gasteiger partial charge in [0.1, 0.15) is 23.4 Å². The molecule has 2 atom stereocenters. The number of carbonyl (C=O) groups is 3. The van der Waals surface area contributed by atoms with Crippen LogP contribution in [-0.4, -0.2) is 58.3 Å². The predicted molar refractivity (Wildman–Crippen MR) is 133 cm³/mol. The van der Waals surface area contributed by atoms with Gasteiger partial charge in [-0.1, -0.05) is 24.3 Å². The number of aromatic hydroxyl groups is 1. The molecule has 2 rings (SSSR count). The second kappa shape index (κ2) is 11.2. The van der Waals surface area contributed by atoms with Crippen LogP contribution in [0.15, 0.2) is 36.4 Å². The zero-order valence-corrected chi connectivity index (χ0v) is 21.3. The molecule has 4 N–H and O–H groups in total. The lowest BCUT2D eigenvalue weighted by Crippen LogP contribution is -2.52. The Kier molecular flexibility index (Phi) is 8.87. The molecule has 0 fully saturated rings. The highest BCUT2D eigenvalue weighted by molar-refractivity contribution is 5.99. The number of likely N-dealkylation sites (N-methyl/N-ethyl adjacent to an activating group) is 1. The molecular weight excluding hydrogens is 450 g/mol. The Morgan fingerprint density at radius 1 is 1.03 bits per heavy atom. The van der Waals surface area contributed by atoms with Gasteiger partial charge in [0.25, 0.3) is 5.91 Å². The summed E-state index contributed by atoms with van der Waals surface area (Å²) in [5, 5.41) is 25.1. The molecular formula is C26H35N3O6. The standard InChI is InChI=1S/C26H35N3O6/c1-15-9-8-10-16(2)21(15)28-23(32)22(18-11-12-20(31)17(3)13-18)29(7)24(33)19(14-30)27-25(34)35-26(4,5)6/h8-13,19,22,30-31H,14H2,1-7H3,(H,27,34)(H,28,32). The van der Waals surface area contributed by atoms with E-state index in [2.05, 4.69) is 10.6 Å². The SMILES string of the molecule is Cc1cc(C(C(=O)Nc2c(C)cccc2C)N(C)C(=O)C(CO)NC(=O)OC(C)(C)C)ccc1O. The third-order valence-corrected chi connectivity index (χ3v) is 5.42. The average molecular weight is 486 g/mol. The summed E-state index contributed by atoms with van der Waals surface area (Å²) < 4.78 is 5.19. The number of amides is 3. The van der Waals surface area contributed by atoms with Gasteiger partial charge in [-0.25, -0.2) is 4.79 Å². The van der Waals surface area contributed by atoms with Gasteiger partial charge in [0, 0.05) is 12.7 Å². The maximum Gasteiger partial charge on any atom is 0.408 e. The van der Waals surface area contributed by atoms with Crippen molar-refractivity contribution >= 4 is 23.6 Å². The molecule has 0 aliphatic carbocycles. The van der Waals surface area contributed by atoms with Crippen molar-refractivity contribution in [2.75, 3.05) is 19.0 Å². The van der Waals surface area contributed by atoms with E-state index in [-0.39, 0.29) is 5.75 Å². The molecule has 35 heavy (non-hydrogen) atoms. The van der Waals surface area contributed by atoms with Crippen LogP contribution in [0.5, 0.6) is 5.75 Å². The largest absolute Gasteiger partial charge is 0.508 e. The molecule has 0 aliphatic heterocycles. The van der Waals surface area contributed by atoms with E-state index in [9.17, 15) is 24.6 Å². The van der Waals surface area contributed by atoms with Gasteiger partial charge < -0.3 is 30.5 Å². The van der Waals surface area contributed by atoms with Gasteiger partial charge >= 0.3 is 6.09 Å². The highest BCUT2D eigenvalue weighted by Gasteiger charge is 2.34. The van der Waals surface area contributed by atoms with E-state index < -0.39 is 42.2 Å². The van der Waals surface area contributed by atoms with Crippen LogP contribution >= 0.6 is 0 Å². The number of benzene rings is 2. The van der Waals surface area contributed by atoms with Crippen molar-refractivity contribution in [3.05, 3.63) is 58.7 Å². The van der Waals surface area contributed by atoms with Gasteiger partial charge in [-0.3, -0.25) is 9.59 Å². The van der Waals surface area contributed by atoms with Crippen molar-refractivity contribution in [3.8, 4) is 5.75 Å². The number of hydrogen-bond donors (Lipinski definition) is 4. The molecule has 0 saturated carbocycles. The molecule has 0 bridgehead atoms. The number of nitrogens with zero attached hydrogens (tertiary/aromatic N) is 1. The summed E-state index contributed by atoms with van der Waals surface area (Å²) in [6.07, 6.45) is -0.865. The minimum atomic E-state index is -1.33. The number of alkyl carbamates (subject to hydrolysis) is 1. The second-order valence-corrected chi connectivity index (χ2v) is 9.54. The zero-order valence-electron chi connectivity index (χ0n) is 21.3. The third kappa shape index (κ3) is 7.19. The van der Waals surface area contributed by atoms with E-state index in [0.29, 0.717) is 16.8 Å². The average Bonchev–Trinajstić information content (AvgIpc) is 2.75. The second-order valence-electron chi connectivity index (χ2n) is 9.54. The first kappa shape index (κ1) is 27.7. The Morgan fingerprint density at radius 2 is 1.63 bits per heavy atom. The van der Waals surface area contributed by atoms with Gasteiger partial charge in [-0.2, -0.15) is 0 Å². The lowest BCUT2D eigenvalue weighted by Gasteiger charge is -2.31. The summed E-state index contributed by atoms with van der Waals surface area (Å²) in [7, 11) is 1.42. The number of anilines is 1. The summed E-state index contributed by atoms with van der Waals surface area (Å²) in [6, 6.07) is 7.78. The number of phenolic OH excluding ortho intramolecular Hbond substituents is 1. The summed E-state index contributed by atoms with van der Waals surface area (Å²) in [5.41, 5.74) is 2.52. The number of para-hydroxylation sites is 1. The van der Waals surface area contributed by atoms with Crippen LogP contribution in [-0.2, 0) is 14.3 Å². The van der Waals surface area contributed by atoms with E-state index in [1.165, 1.54) is 13.1 Å². The Balaban J connectivity index is 2.41. The maximum atomic E-state index is 13.5. The number of rotatable bonds is 7. The molecule has 190 valence electrons. The van der Waals surface area contributed by atoms with Crippen LogP contribution < -0.4 is 10.6 Å². The van der Waals surface area contributed by atoms with Crippen LogP contribution in [0.4, 0.5) is 10.5 Å². The number of ether oxygens (including phenoxy) is 1. The Bertz CT molecular complexity index is 1070. The minimum Gasteiger partial charge on any atom is -0.508 e. The molecule has 0 aliphatic rings. The van der Waals surface area contributed by atoms with Gasteiger partial charge in [-0.15, -0.1) is 0 Å². The van der Waals surface area contributed by atoms with Crippen molar-refractivity contribution in [2.24, 2.45) is 0 Å². The number of aliphatic hydroxyl groups excluding tert-OH is 1. The highest BCUT2D eigenvalue weighted by Crippen LogP contribution is 2.28. The van der Waals surface area contributed by atoms with Crippen LogP contribution in [0.25, 0.3) is 0 Å². The molecule has 9 nitrogen and oxygen atoms in total. The molecule has 2 aromatic rings. The molecule has 2 aromatic carbocycles. The van der Waals surface area contributed by atoms with Crippen molar-refractivity contribution in [3.63, 3.8) is 0 Å². The molecule has 9 heteroatoms. The van der Waals surface area contributed by atoms with E-state index in [1.807, 2.05) is 32.0 Å². The highest BCUT2D eigenvalue weighted by atomic mass is 16.6. The summed E-state index contributed by atoms with van der Waals surface area (Å²) in [5.74, 6) is -1.13. The minimum absolute atomic E-state index is 0.0523. The Labute approximate surface area is 206 Å². The Morgan fingerprint density at radius 3 is 2.14 bits per heavy atom. The lowest BCUT2D eigenvalue weighted by atomic mass is 10.00. The number of hydrogen-bond acceptors (Lipinski definition) is 6. The molecule has 0 spiro atoms. The number of phenols is 1. The number of aryl methyl sites for hydroxylation is 3. The quantitative estimate of drug-likeness (QED) is 0.476. The number of nitrogens with one attached hydrogen (secondary N) is 2. The molecule has 2 unspecified atom stereocenters. The topological polar surface area (TPSA) is 128 Å². The summed E-state index contributed by atoms with van der Waals surface area (Å²) in [4.78, 5) is 40.2. The first-order valence-electron chi connectivity index (χ1n) is 11.3. The molecule has 0 aromatic heterocycles. The van der Waals surface area contributed by atoms with Gasteiger partial charge in [-0.05, 0) is 75.9 Å². The molecule has 0 heterocycles. The molecule has 0 saturated heterocycles. The van der Waals surface area contributed by atoms with Gasteiger partial charge in [0.15, 0.2) is 0 Å². The van der Waals surface area contributed by atoms with Crippen molar-refractivity contribution in [1.29, 1.82) is 0 Å². The van der Waals surface area contributed by atoms with Crippen LogP contribution in [0, 0.1) is 20.8 Å². The molecule has 0 radical (unpaired) electrons. The number of aliphatic hydroxyl groups is 1. The first-order chi connectivity index (χ1) is 16.2. The monoisotopic (exact) mass is 485 g/mol. The number of carbonyl (C=O) groups excluding carboxylic acids is 3. The fourth-order valence-corrected chi connectivity index (χ4v) is 3.61. The van der Waals surface area contributed by atoms with Crippen LogP contribution in [0.3, 0.4) is 0 Å². The van der Waals surface area contributed by atoms with E-state index in [0.717, 1.165) is 16.0 Å². The van der Waals surface area contributed by atoms with Gasteiger partial charge in [0.2, 0.25) is 5.91 Å². The maximum absolute atomic E-state index is 13.5. The van der Waals surface area contributed by atoms with Crippen LogP contribution in [0.2, 0.25) is 0 Å². The fourth-order valence-electron chi connectivity index (χ4n) is 3.61. The van der Waals surface area contributed by atoms with Crippen molar-refractivity contribution in [1.82, 2.24) is 10.2 Å². The third-order valence-electron chi connectivity index (χ3n) is 5.42. The Hall–Kier alpha value is -3.59. The lowest BCUT2D eigenvalue weighted by molar-refractivity contribution is -0.139. The zero-order chi connectivity index (χ0) is 26.5. The van der Waals surface area contributed by atoms with E-state index in [1.54, 1.807) is 39.8 Å². The normalized spacial score (nSPS) is 12.9. The van der Waals surface area contributed by atoms with Crippen LogP contribution in [0.1, 0.15) is 49.1 Å². The smallest absolute Gasteiger partial charge is 0.408 e. The first-order valence-corrected chi connectivity index (χ1v) is 11.3. The summed E-state index contributed by atoms with van der Waals surface area (Å²) in [6.45, 7) is 9.75.